The molecule has 2 N–H and O–H groups in total. The molecule has 1 aromatic carbocycles. The van der Waals surface area contributed by atoms with E-state index in [4.69, 9.17) is 11.6 Å². The van der Waals surface area contributed by atoms with E-state index in [2.05, 4.69) is 20.3 Å². The predicted molar refractivity (Wildman–Crippen MR) is 105 cm³/mol. The Hall–Kier alpha value is -2.70. The summed E-state index contributed by atoms with van der Waals surface area (Å²) in [7, 11) is 0. The molecule has 0 unspecified atom stereocenters. The molecule has 0 spiro atoms. The Balaban J connectivity index is 1.40. The minimum Gasteiger partial charge on any atom is -0.361 e. The Morgan fingerprint density at radius 1 is 1.23 bits per heavy atom. The minimum atomic E-state index is -0.167. The van der Waals surface area contributed by atoms with Gasteiger partial charge in [-0.3, -0.25) is 9.78 Å². The van der Waals surface area contributed by atoms with E-state index in [9.17, 15) is 4.79 Å². The van der Waals surface area contributed by atoms with Crippen LogP contribution < -0.4 is 5.32 Å². The van der Waals surface area contributed by atoms with Crippen LogP contribution in [-0.4, -0.2) is 27.4 Å². The maximum atomic E-state index is 12.3. The number of fused-ring (bicyclic) bond motifs is 1. The molecule has 0 radical (unpaired) electrons. The van der Waals surface area contributed by atoms with Crippen LogP contribution in [0.2, 0.25) is 5.02 Å². The highest BCUT2D eigenvalue weighted by molar-refractivity contribution is 7.13. The number of carbonyl (C=O) groups excluding carboxylic acids is 1. The van der Waals surface area contributed by atoms with Crippen LogP contribution in [0.3, 0.4) is 0 Å². The zero-order valence-electron chi connectivity index (χ0n) is 13.7. The molecule has 26 heavy (non-hydrogen) atoms. The van der Waals surface area contributed by atoms with Crippen molar-refractivity contribution >= 4 is 39.7 Å². The summed E-state index contributed by atoms with van der Waals surface area (Å²) < 4.78 is 0. The predicted octanol–water partition coefficient (Wildman–Crippen LogP) is 4.31. The topological polar surface area (TPSA) is 70.7 Å². The molecule has 3 heterocycles. The Kier molecular flexibility index (Phi) is 4.69. The van der Waals surface area contributed by atoms with Crippen molar-refractivity contribution in [2.24, 2.45) is 0 Å². The number of carbonyl (C=O) groups is 1. The number of nitrogens with one attached hydrogen (secondary N) is 2. The van der Waals surface area contributed by atoms with E-state index in [0.717, 1.165) is 27.0 Å². The monoisotopic (exact) mass is 382 g/mol. The van der Waals surface area contributed by atoms with Gasteiger partial charge in [0.1, 0.15) is 10.7 Å². The van der Waals surface area contributed by atoms with Gasteiger partial charge in [-0.25, -0.2) is 4.98 Å². The van der Waals surface area contributed by atoms with Gasteiger partial charge in [0.15, 0.2) is 0 Å². The van der Waals surface area contributed by atoms with Gasteiger partial charge in [-0.2, -0.15) is 0 Å². The number of thiazole rings is 1. The standard InChI is InChI=1S/C19H15ClN4OS/c20-14-1-2-16-15(9-14)13(10-23-16)5-8-22-18(25)17-11-26-19(24-17)12-3-6-21-7-4-12/h1-4,6-7,9-11,23H,5,8H2,(H,22,25). The molecule has 0 saturated carbocycles. The van der Waals surface area contributed by atoms with Crippen LogP contribution in [0.1, 0.15) is 16.1 Å². The van der Waals surface area contributed by atoms with Gasteiger partial charge in [0, 0.05) is 52.0 Å². The van der Waals surface area contributed by atoms with E-state index in [1.165, 1.54) is 11.3 Å². The van der Waals surface area contributed by atoms with Crippen molar-refractivity contribution in [2.45, 2.75) is 6.42 Å². The quantitative estimate of drug-likeness (QED) is 0.540. The fraction of sp³-hybridized carbons (Fsp3) is 0.105. The van der Waals surface area contributed by atoms with Gasteiger partial charge in [-0.1, -0.05) is 11.6 Å². The van der Waals surface area contributed by atoms with E-state index >= 15 is 0 Å². The van der Waals surface area contributed by atoms with Crippen LogP contribution in [0.5, 0.6) is 0 Å². The summed E-state index contributed by atoms with van der Waals surface area (Å²) in [6.07, 6.45) is 6.10. The normalized spacial score (nSPS) is 11.0. The van der Waals surface area contributed by atoms with Crippen molar-refractivity contribution in [1.82, 2.24) is 20.3 Å². The Labute approximate surface area is 159 Å². The van der Waals surface area contributed by atoms with Gasteiger partial charge in [0.25, 0.3) is 5.91 Å². The second kappa shape index (κ2) is 7.27. The average molecular weight is 383 g/mol. The van der Waals surface area contributed by atoms with Crippen LogP contribution >= 0.6 is 22.9 Å². The van der Waals surface area contributed by atoms with Gasteiger partial charge in [0.05, 0.1) is 0 Å². The number of hydrogen-bond donors (Lipinski definition) is 2. The first-order valence-corrected chi connectivity index (χ1v) is 9.36. The Morgan fingerprint density at radius 2 is 2.08 bits per heavy atom. The Morgan fingerprint density at radius 3 is 2.92 bits per heavy atom. The van der Waals surface area contributed by atoms with Gasteiger partial charge in [-0.15, -0.1) is 11.3 Å². The highest BCUT2D eigenvalue weighted by Gasteiger charge is 2.12. The average Bonchev–Trinajstić information content (AvgIpc) is 3.30. The molecule has 0 aliphatic rings. The van der Waals surface area contributed by atoms with Crippen LogP contribution in [0.4, 0.5) is 0 Å². The molecule has 0 fully saturated rings. The van der Waals surface area contributed by atoms with Crippen LogP contribution in [0.25, 0.3) is 21.5 Å². The SMILES string of the molecule is O=C(NCCc1c[nH]c2ccc(Cl)cc12)c1csc(-c2ccncc2)n1. The molecule has 3 aromatic heterocycles. The lowest BCUT2D eigenvalue weighted by Crippen LogP contribution is -2.25. The number of nitrogens with zero attached hydrogens (tertiary/aromatic N) is 2. The van der Waals surface area contributed by atoms with Crippen molar-refractivity contribution in [3.05, 3.63) is 70.6 Å². The summed E-state index contributed by atoms with van der Waals surface area (Å²) in [5.41, 5.74) is 3.55. The maximum absolute atomic E-state index is 12.3. The molecule has 4 rings (SSSR count). The number of H-pyrrole nitrogens is 1. The van der Waals surface area contributed by atoms with E-state index in [1.807, 2.05) is 36.5 Å². The Bertz CT molecular complexity index is 1060. The van der Waals surface area contributed by atoms with Crippen molar-refractivity contribution < 1.29 is 4.79 Å². The molecule has 5 nitrogen and oxygen atoms in total. The molecule has 7 heteroatoms. The fourth-order valence-corrected chi connectivity index (χ4v) is 3.74. The number of pyridine rings is 1. The third-order valence-corrected chi connectivity index (χ3v) is 5.20. The third kappa shape index (κ3) is 3.47. The van der Waals surface area contributed by atoms with Crippen molar-refractivity contribution in [3.8, 4) is 10.6 Å². The van der Waals surface area contributed by atoms with E-state index in [-0.39, 0.29) is 5.91 Å². The molecule has 4 aromatic rings. The summed E-state index contributed by atoms with van der Waals surface area (Å²) in [5.74, 6) is -0.167. The number of halogens is 1. The van der Waals surface area contributed by atoms with E-state index in [1.54, 1.807) is 17.8 Å². The molecule has 130 valence electrons. The lowest BCUT2D eigenvalue weighted by molar-refractivity contribution is 0.0950. The highest BCUT2D eigenvalue weighted by atomic mass is 35.5. The number of rotatable bonds is 5. The summed E-state index contributed by atoms with van der Waals surface area (Å²) in [6.45, 7) is 0.528. The summed E-state index contributed by atoms with van der Waals surface area (Å²) in [4.78, 5) is 24.0. The van der Waals surface area contributed by atoms with Crippen molar-refractivity contribution in [3.63, 3.8) is 0 Å². The molecule has 0 bridgehead atoms. The zero-order chi connectivity index (χ0) is 17.9. The van der Waals surface area contributed by atoms with Crippen molar-refractivity contribution in [1.29, 1.82) is 0 Å². The van der Waals surface area contributed by atoms with Gasteiger partial charge in [-0.05, 0) is 42.3 Å². The van der Waals surface area contributed by atoms with Gasteiger partial charge in [0.2, 0.25) is 0 Å². The summed E-state index contributed by atoms with van der Waals surface area (Å²) in [5, 5.41) is 7.30. The zero-order valence-corrected chi connectivity index (χ0v) is 15.3. The number of amides is 1. The van der Waals surface area contributed by atoms with Crippen LogP contribution in [0.15, 0.2) is 54.3 Å². The first kappa shape index (κ1) is 16.8. The number of benzene rings is 1. The smallest absolute Gasteiger partial charge is 0.270 e. The van der Waals surface area contributed by atoms with E-state index in [0.29, 0.717) is 23.7 Å². The second-order valence-corrected chi connectivity index (χ2v) is 7.08. The first-order chi connectivity index (χ1) is 12.7. The summed E-state index contributed by atoms with van der Waals surface area (Å²) in [6, 6.07) is 9.50. The van der Waals surface area contributed by atoms with Gasteiger partial charge < -0.3 is 10.3 Å². The summed E-state index contributed by atoms with van der Waals surface area (Å²) >= 11 is 7.52. The highest BCUT2D eigenvalue weighted by Crippen LogP contribution is 2.24. The fourth-order valence-electron chi connectivity index (χ4n) is 2.76. The van der Waals surface area contributed by atoms with Gasteiger partial charge >= 0.3 is 0 Å². The molecular formula is C19H15ClN4OS. The lowest BCUT2D eigenvalue weighted by atomic mass is 10.1. The number of hydrogen-bond acceptors (Lipinski definition) is 4. The second-order valence-electron chi connectivity index (χ2n) is 5.78. The molecular weight excluding hydrogens is 368 g/mol. The lowest BCUT2D eigenvalue weighted by Gasteiger charge is -2.03. The van der Waals surface area contributed by atoms with E-state index < -0.39 is 0 Å². The molecule has 0 aliphatic carbocycles. The molecule has 0 atom stereocenters. The minimum absolute atomic E-state index is 0.167. The third-order valence-electron chi connectivity index (χ3n) is 4.07. The maximum Gasteiger partial charge on any atom is 0.270 e. The largest absolute Gasteiger partial charge is 0.361 e. The molecule has 0 aliphatic heterocycles. The van der Waals surface area contributed by atoms with Crippen LogP contribution in [-0.2, 0) is 6.42 Å². The number of aromatic nitrogens is 3. The number of aromatic amines is 1. The van der Waals surface area contributed by atoms with Crippen molar-refractivity contribution in [2.75, 3.05) is 6.54 Å². The molecule has 0 saturated heterocycles. The first-order valence-electron chi connectivity index (χ1n) is 8.10. The van der Waals surface area contributed by atoms with Crippen LogP contribution in [0, 0.1) is 0 Å². The molecule has 1 amide bonds.